The van der Waals surface area contributed by atoms with Gasteiger partial charge < -0.3 is 5.32 Å². The molecule has 1 N–H and O–H groups in total. The van der Waals surface area contributed by atoms with E-state index in [0.717, 1.165) is 25.7 Å². The summed E-state index contributed by atoms with van der Waals surface area (Å²) in [6.45, 7) is 0. The summed E-state index contributed by atoms with van der Waals surface area (Å²) in [6, 6.07) is 7.21. The molecule has 0 radical (unpaired) electrons. The zero-order valence-electron chi connectivity index (χ0n) is 9.67. The van der Waals surface area contributed by atoms with E-state index in [9.17, 15) is 10.1 Å². The van der Waals surface area contributed by atoms with Gasteiger partial charge in [-0.2, -0.15) is 5.26 Å². The van der Waals surface area contributed by atoms with Crippen molar-refractivity contribution < 1.29 is 4.79 Å². The smallest absolute Gasteiger partial charge is 0.252 e. The van der Waals surface area contributed by atoms with Crippen molar-refractivity contribution in [2.24, 2.45) is 0 Å². The third-order valence-electron chi connectivity index (χ3n) is 3.21. The Morgan fingerprint density at radius 3 is 2.67 bits per heavy atom. The molecule has 0 heterocycles. The molecule has 0 aromatic heterocycles. The molecule has 18 heavy (non-hydrogen) atoms. The van der Waals surface area contributed by atoms with Crippen LogP contribution in [0.4, 0.5) is 0 Å². The van der Waals surface area contributed by atoms with Gasteiger partial charge in [-0.3, -0.25) is 4.79 Å². The molecule has 1 aromatic carbocycles. The van der Waals surface area contributed by atoms with Crippen LogP contribution < -0.4 is 5.32 Å². The summed E-state index contributed by atoms with van der Waals surface area (Å²) in [7, 11) is 0. The van der Waals surface area contributed by atoms with Gasteiger partial charge in [-0.25, -0.2) is 0 Å². The number of nitrogens with zero attached hydrogens (tertiary/aromatic N) is 1. The number of carbonyl (C=O) groups is 1. The van der Waals surface area contributed by atoms with E-state index in [4.69, 9.17) is 11.6 Å². The third-order valence-corrected chi connectivity index (χ3v) is 4.42. The quantitative estimate of drug-likeness (QED) is 0.901. The van der Waals surface area contributed by atoms with Crippen LogP contribution >= 0.6 is 27.5 Å². The van der Waals surface area contributed by atoms with E-state index in [2.05, 4.69) is 27.3 Å². The minimum Gasteiger partial charge on any atom is -0.334 e. The Morgan fingerprint density at radius 1 is 1.44 bits per heavy atom. The van der Waals surface area contributed by atoms with Gasteiger partial charge in [0.1, 0.15) is 5.54 Å². The lowest BCUT2D eigenvalue weighted by Crippen LogP contribution is -2.45. The van der Waals surface area contributed by atoms with Crippen LogP contribution in [0.25, 0.3) is 0 Å². The first-order chi connectivity index (χ1) is 8.56. The molecule has 0 bridgehead atoms. The van der Waals surface area contributed by atoms with E-state index >= 15 is 0 Å². The van der Waals surface area contributed by atoms with E-state index in [0.29, 0.717) is 15.1 Å². The van der Waals surface area contributed by atoms with Crippen molar-refractivity contribution in [2.75, 3.05) is 0 Å². The summed E-state index contributed by atoms with van der Waals surface area (Å²) in [6.07, 6.45) is 3.42. The summed E-state index contributed by atoms with van der Waals surface area (Å²) in [5.41, 5.74) is -0.184. The highest BCUT2D eigenvalue weighted by molar-refractivity contribution is 9.10. The highest BCUT2D eigenvalue weighted by Crippen LogP contribution is 2.29. The first-order valence-corrected chi connectivity index (χ1v) is 6.92. The molecular weight excluding hydrogens is 316 g/mol. The topological polar surface area (TPSA) is 52.9 Å². The predicted molar refractivity (Wildman–Crippen MR) is 73.4 cm³/mol. The van der Waals surface area contributed by atoms with Gasteiger partial charge in [-0.15, -0.1) is 0 Å². The second-order valence-corrected chi connectivity index (χ2v) is 5.75. The van der Waals surface area contributed by atoms with Crippen molar-refractivity contribution in [3.8, 4) is 6.07 Å². The van der Waals surface area contributed by atoms with Crippen LogP contribution in [0, 0.1) is 11.3 Å². The molecule has 0 atom stereocenters. The van der Waals surface area contributed by atoms with Gasteiger partial charge in [0.2, 0.25) is 0 Å². The van der Waals surface area contributed by atoms with Crippen LogP contribution in [0.2, 0.25) is 5.02 Å². The molecule has 1 aromatic rings. The second-order valence-electron chi connectivity index (χ2n) is 4.48. The normalized spacial score (nSPS) is 17.2. The maximum atomic E-state index is 12.1. The molecular formula is C13H12BrClN2O. The second kappa shape index (κ2) is 5.29. The molecule has 3 nitrogen and oxygen atoms in total. The van der Waals surface area contributed by atoms with Gasteiger partial charge >= 0.3 is 0 Å². The number of amides is 1. The van der Waals surface area contributed by atoms with Crippen molar-refractivity contribution in [3.05, 3.63) is 33.3 Å². The van der Waals surface area contributed by atoms with E-state index in [1.54, 1.807) is 18.2 Å². The number of nitriles is 1. The first kappa shape index (κ1) is 13.4. The molecule has 0 aliphatic heterocycles. The number of nitrogens with one attached hydrogen (secondary N) is 1. The predicted octanol–water partition coefficient (Wildman–Crippen LogP) is 3.67. The average molecular weight is 328 g/mol. The van der Waals surface area contributed by atoms with Crippen LogP contribution in [0.1, 0.15) is 36.0 Å². The fraction of sp³-hybridized carbons (Fsp3) is 0.385. The lowest BCUT2D eigenvalue weighted by molar-refractivity contribution is 0.0920. The number of hydrogen-bond donors (Lipinski definition) is 1. The lowest BCUT2D eigenvalue weighted by atomic mass is 9.99. The average Bonchev–Trinajstić information content (AvgIpc) is 2.82. The summed E-state index contributed by atoms with van der Waals surface area (Å²) in [5, 5.41) is 12.6. The number of rotatable bonds is 2. The Kier molecular flexibility index (Phi) is 3.94. The van der Waals surface area contributed by atoms with Gasteiger partial charge in [0.15, 0.2) is 0 Å². The lowest BCUT2D eigenvalue weighted by Gasteiger charge is -2.22. The molecule has 1 saturated carbocycles. The van der Waals surface area contributed by atoms with Crippen LogP contribution in [0.3, 0.4) is 0 Å². The molecule has 1 aliphatic carbocycles. The van der Waals surface area contributed by atoms with E-state index < -0.39 is 5.54 Å². The van der Waals surface area contributed by atoms with E-state index in [1.165, 1.54) is 0 Å². The van der Waals surface area contributed by atoms with Crippen LogP contribution in [-0.2, 0) is 0 Å². The Hall–Kier alpha value is -1.05. The van der Waals surface area contributed by atoms with Crippen molar-refractivity contribution in [3.63, 3.8) is 0 Å². The van der Waals surface area contributed by atoms with E-state index in [-0.39, 0.29) is 5.91 Å². The molecule has 1 fully saturated rings. The molecule has 2 rings (SSSR count). The van der Waals surface area contributed by atoms with Gasteiger partial charge in [0, 0.05) is 10.0 Å². The monoisotopic (exact) mass is 326 g/mol. The summed E-state index contributed by atoms with van der Waals surface area (Å²) < 4.78 is 0.675. The zero-order chi connectivity index (χ0) is 13.2. The van der Waals surface area contributed by atoms with E-state index in [1.807, 2.05) is 0 Å². The number of benzene rings is 1. The minimum atomic E-state index is -0.691. The maximum absolute atomic E-state index is 12.1. The van der Waals surface area contributed by atoms with Gasteiger partial charge in [0.05, 0.1) is 11.1 Å². The molecule has 94 valence electrons. The summed E-state index contributed by atoms with van der Waals surface area (Å²) in [4.78, 5) is 12.1. The SMILES string of the molecule is N#CC1(NC(=O)c2ccc(Cl)c(Br)c2)CCCC1. The first-order valence-electron chi connectivity index (χ1n) is 5.75. The molecule has 0 spiro atoms. The number of halogens is 2. The van der Waals surface area contributed by atoms with Crippen molar-refractivity contribution in [1.29, 1.82) is 5.26 Å². The molecule has 1 aliphatic rings. The highest BCUT2D eigenvalue weighted by atomic mass is 79.9. The van der Waals surface area contributed by atoms with Crippen LogP contribution in [0.5, 0.6) is 0 Å². The molecule has 0 unspecified atom stereocenters. The summed E-state index contributed by atoms with van der Waals surface area (Å²) in [5.74, 6) is -0.226. The standard InChI is InChI=1S/C13H12BrClN2O/c14-10-7-9(3-4-11(10)15)12(18)17-13(8-16)5-1-2-6-13/h3-4,7H,1-2,5-6H2,(H,17,18). The Balaban J connectivity index is 2.17. The third kappa shape index (κ3) is 2.68. The minimum absolute atomic E-state index is 0.226. The van der Waals surface area contributed by atoms with Crippen molar-refractivity contribution >= 4 is 33.4 Å². The van der Waals surface area contributed by atoms with Crippen LogP contribution in [0.15, 0.2) is 22.7 Å². The number of carbonyl (C=O) groups excluding carboxylic acids is 1. The summed E-state index contributed by atoms with van der Waals surface area (Å²) >= 11 is 9.16. The fourth-order valence-corrected chi connectivity index (χ4v) is 2.67. The van der Waals surface area contributed by atoms with Gasteiger partial charge in [-0.1, -0.05) is 11.6 Å². The largest absolute Gasteiger partial charge is 0.334 e. The van der Waals surface area contributed by atoms with Gasteiger partial charge in [0.25, 0.3) is 5.91 Å². The number of hydrogen-bond acceptors (Lipinski definition) is 2. The van der Waals surface area contributed by atoms with Gasteiger partial charge in [-0.05, 0) is 59.8 Å². The highest BCUT2D eigenvalue weighted by Gasteiger charge is 2.35. The maximum Gasteiger partial charge on any atom is 0.252 e. The van der Waals surface area contributed by atoms with Crippen molar-refractivity contribution in [2.45, 2.75) is 31.2 Å². The fourth-order valence-electron chi connectivity index (χ4n) is 2.17. The molecule has 5 heteroatoms. The Labute approximate surface area is 119 Å². The molecule has 1 amide bonds. The Bertz CT molecular complexity index is 518. The molecule has 0 saturated heterocycles. The van der Waals surface area contributed by atoms with Crippen LogP contribution in [-0.4, -0.2) is 11.4 Å². The zero-order valence-corrected chi connectivity index (χ0v) is 12.0. The Morgan fingerprint density at radius 2 is 2.11 bits per heavy atom. The van der Waals surface area contributed by atoms with Crippen molar-refractivity contribution in [1.82, 2.24) is 5.32 Å².